The smallest absolute Gasteiger partial charge is 0.149 e. The van der Waals surface area contributed by atoms with Gasteiger partial charge in [0.15, 0.2) is 0 Å². The molecule has 0 aliphatic heterocycles. The molecule has 21 heavy (non-hydrogen) atoms. The van der Waals surface area contributed by atoms with Crippen molar-refractivity contribution < 1.29 is 0 Å². The Morgan fingerprint density at radius 3 is 2.76 bits per heavy atom. The number of nitrogens with zero attached hydrogens (tertiary/aromatic N) is 4. The minimum Gasteiger partial charge on any atom is -0.367 e. The Bertz CT molecular complexity index is 564. The van der Waals surface area contributed by atoms with Crippen molar-refractivity contribution >= 4 is 27.6 Å². The van der Waals surface area contributed by atoms with Crippen LogP contribution >= 0.6 is 11.5 Å². The lowest BCUT2D eigenvalue weighted by Crippen LogP contribution is -2.25. The predicted octanol–water partition coefficient (Wildman–Crippen LogP) is 3.32. The average Bonchev–Trinajstić information content (AvgIpc) is 2.86. The van der Waals surface area contributed by atoms with E-state index in [0.717, 1.165) is 47.8 Å². The Labute approximate surface area is 131 Å². The molecule has 0 saturated carbocycles. The first kappa shape index (κ1) is 16.1. The monoisotopic (exact) mass is 307 g/mol. The Morgan fingerprint density at radius 2 is 2.05 bits per heavy atom. The molecule has 1 atom stereocenters. The number of rotatable bonds is 8. The van der Waals surface area contributed by atoms with Crippen LogP contribution in [0.2, 0.25) is 0 Å². The SMILES string of the molecule is CCN(CC)CCCC(C)Nc1ncnc2snc(C)c12. The summed E-state index contributed by atoms with van der Waals surface area (Å²) in [5.74, 6) is 0.918. The molecular formula is C15H25N5S. The van der Waals surface area contributed by atoms with Gasteiger partial charge in [-0.2, -0.15) is 4.37 Å². The zero-order valence-electron chi connectivity index (χ0n) is 13.4. The maximum Gasteiger partial charge on any atom is 0.149 e. The van der Waals surface area contributed by atoms with E-state index in [-0.39, 0.29) is 0 Å². The summed E-state index contributed by atoms with van der Waals surface area (Å²) in [4.78, 5) is 12.1. The van der Waals surface area contributed by atoms with E-state index in [9.17, 15) is 0 Å². The van der Waals surface area contributed by atoms with Gasteiger partial charge >= 0.3 is 0 Å². The van der Waals surface area contributed by atoms with Crippen molar-refractivity contribution in [1.29, 1.82) is 0 Å². The fourth-order valence-corrected chi connectivity index (χ4v) is 3.24. The van der Waals surface area contributed by atoms with Crippen LogP contribution in [0.1, 0.15) is 39.3 Å². The second kappa shape index (κ2) is 7.66. The molecule has 1 unspecified atom stereocenters. The third-order valence-corrected chi connectivity index (χ3v) is 4.68. The largest absolute Gasteiger partial charge is 0.367 e. The molecule has 0 amide bonds. The van der Waals surface area contributed by atoms with E-state index in [4.69, 9.17) is 0 Å². The zero-order valence-corrected chi connectivity index (χ0v) is 14.2. The first-order valence-electron chi connectivity index (χ1n) is 7.71. The molecule has 6 heteroatoms. The number of fused-ring (bicyclic) bond motifs is 1. The maximum atomic E-state index is 4.39. The van der Waals surface area contributed by atoms with Gasteiger partial charge in [-0.05, 0) is 57.9 Å². The number of anilines is 1. The van der Waals surface area contributed by atoms with Crippen LogP contribution in [0.15, 0.2) is 6.33 Å². The van der Waals surface area contributed by atoms with Gasteiger partial charge in [-0.25, -0.2) is 9.97 Å². The molecule has 0 radical (unpaired) electrons. The van der Waals surface area contributed by atoms with Gasteiger partial charge in [-0.3, -0.25) is 0 Å². The second-order valence-electron chi connectivity index (χ2n) is 5.38. The summed E-state index contributed by atoms with van der Waals surface area (Å²) in [5, 5.41) is 4.59. The summed E-state index contributed by atoms with van der Waals surface area (Å²) < 4.78 is 4.36. The van der Waals surface area contributed by atoms with E-state index in [1.54, 1.807) is 6.33 Å². The molecule has 2 aromatic rings. The summed E-state index contributed by atoms with van der Waals surface area (Å²) in [6.07, 6.45) is 3.95. The van der Waals surface area contributed by atoms with Gasteiger partial charge in [-0.1, -0.05) is 13.8 Å². The van der Waals surface area contributed by atoms with Crippen molar-refractivity contribution in [2.45, 2.75) is 46.6 Å². The van der Waals surface area contributed by atoms with E-state index in [1.165, 1.54) is 18.0 Å². The van der Waals surface area contributed by atoms with Crippen LogP contribution in [0, 0.1) is 6.92 Å². The number of hydrogen-bond acceptors (Lipinski definition) is 6. The molecule has 2 rings (SSSR count). The summed E-state index contributed by atoms with van der Waals surface area (Å²) in [7, 11) is 0. The van der Waals surface area contributed by atoms with Crippen LogP contribution in [0.3, 0.4) is 0 Å². The molecule has 0 saturated heterocycles. The van der Waals surface area contributed by atoms with Gasteiger partial charge in [0.2, 0.25) is 0 Å². The van der Waals surface area contributed by atoms with Crippen LogP contribution in [0.5, 0.6) is 0 Å². The fraction of sp³-hybridized carbons (Fsp3) is 0.667. The van der Waals surface area contributed by atoms with E-state index < -0.39 is 0 Å². The quantitative estimate of drug-likeness (QED) is 0.811. The number of hydrogen-bond donors (Lipinski definition) is 1. The standard InChI is InChI=1S/C15H25N5S/c1-5-20(6-2)9-7-8-11(3)18-14-13-12(4)19-21-15(13)17-10-16-14/h10-11H,5-9H2,1-4H3,(H,16,17,18). The number of nitrogens with one attached hydrogen (secondary N) is 1. The van der Waals surface area contributed by atoms with E-state index >= 15 is 0 Å². The van der Waals surface area contributed by atoms with Crippen LogP contribution < -0.4 is 5.32 Å². The second-order valence-corrected chi connectivity index (χ2v) is 6.14. The first-order valence-corrected chi connectivity index (χ1v) is 8.48. The highest BCUT2D eigenvalue weighted by Crippen LogP contribution is 2.26. The molecule has 0 bridgehead atoms. The lowest BCUT2D eigenvalue weighted by atomic mass is 10.1. The Hall–Kier alpha value is -1.27. The molecule has 5 nitrogen and oxygen atoms in total. The molecule has 0 spiro atoms. The summed E-state index contributed by atoms with van der Waals surface area (Å²) in [6, 6.07) is 0.401. The minimum atomic E-state index is 0.401. The lowest BCUT2D eigenvalue weighted by molar-refractivity contribution is 0.295. The summed E-state index contributed by atoms with van der Waals surface area (Å²) in [5.41, 5.74) is 1.01. The van der Waals surface area contributed by atoms with Gasteiger partial charge in [0.25, 0.3) is 0 Å². The topological polar surface area (TPSA) is 53.9 Å². The van der Waals surface area contributed by atoms with Gasteiger partial charge in [-0.15, -0.1) is 0 Å². The first-order chi connectivity index (χ1) is 10.2. The van der Waals surface area contributed by atoms with Crippen molar-refractivity contribution in [2.75, 3.05) is 25.0 Å². The molecule has 0 aliphatic carbocycles. The predicted molar refractivity (Wildman–Crippen MR) is 90.1 cm³/mol. The summed E-state index contributed by atoms with van der Waals surface area (Å²) in [6.45, 7) is 12.1. The molecule has 2 aromatic heterocycles. The van der Waals surface area contributed by atoms with Gasteiger partial charge in [0.1, 0.15) is 17.0 Å². The molecule has 0 aromatic carbocycles. The average molecular weight is 307 g/mol. The van der Waals surface area contributed by atoms with Crippen molar-refractivity contribution in [3.8, 4) is 0 Å². The summed E-state index contributed by atoms with van der Waals surface area (Å²) >= 11 is 1.44. The molecule has 0 fully saturated rings. The van der Waals surface area contributed by atoms with Crippen LogP contribution in [-0.4, -0.2) is 44.9 Å². The van der Waals surface area contributed by atoms with E-state index in [0.29, 0.717) is 6.04 Å². The number of aryl methyl sites for hydroxylation is 1. The van der Waals surface area contributed by atoms with Gasteiger partial charge < -0.3 is 10.2 Å². The van der Waals surface area contributed by atoms with Gasteiger partial charge in [0.05, 0.1) is 11.1 Å². The third-order valence-electron chi connectivity index (χ3n) is 3.83. The van der Waals surface area contributed by atoms with Crippen molar-refractivity contribution in [2.24, 2.45) is 0 Å². The van der Waals surface area contributed by atoms with Gasteiger partial charge in [0, 0.05) is 6.04 Å². The minimum absolute atomic E-state index is 0.401. The third kappa shape index (κ3) is 4.11. The Morgan fingerprint density at radius 1 is 1.29 bits per heavy atom. The molecule has 1 N–H and O–H groups in total. The molecule has 116 valence electrons. The fourth-order valence-electron chi connectivity index (χ4n) is 2.50. The van der Waals surface area contributed by atoms with E-state index in [2.05, 4.69) is 45.3 Å². The maximum absolute atomic E-state index is 4.39. The molecule has 0 aliphatic rings. The number of aromatic nitrogens is 3. The van der Waals surface area contributed by atoms with Crippen molar-refractivity contribution in [3.63, 3.8) is 0 Å². The highest BCUT2D eigenvalue weighted by Gasteiger charge is 2.12. The normalized spacial score (nSPS) is 13.0. The van der Waals surface area contributed by atoms with Crippen molar-refractivity contribution in [1.82, 2.24) is 19.2 Å². The lowest BCUT2D eigenvalue weighted by Gasteiger charge is -2.20. The zero-order chi connectivity index (χ0) is 15.2. The molecular weight excluding hydrogens is 282 g/mol. The Balaban J connectivity index is 1.92. The van der Waals surface area contributed by atoms with Crippen LogP contribution in [0.25, 0.3) is 10.2 Å². The highest BCUT2D eigenvalue weighted by molar-refractivity contribution is 7.13. The Kier molecular flexibility index (Phi) is 5.87. The van der Waals surface area contributed by atoms with Crippen LogP contribution in [-0.2, 0) is 0 Å². The van der Waals surface area contributed by atoms with E-state index in [1.807, 2.05) is 6.92 Å². The van der Waals surface area contributed by atoms with Crippen LogP contribution in [0.4, 0.5) is 5.82 Å². The highest BCUT2D eigenvalue weighted by atomic mass is 32.1. The van der Waals surface area contributed by atoms with Crippen molar-refractivity contribution in [3.05, 3.63) is 12.0 Å². The molecule has 2 heterocycles.